The van der Waals surface area contributed by atoms with Crippen LogP contribution < -0.4 is 5.32 Å². The Morgan fingerprint density at radius 3 is 2.94 bits per heavy atom. The van der Waals surface area contributed by atoms with Gasteiger partial charge < -0.3 is 5.32 Å². The smallest absolute Gasteiger partial charge is 0.184 e. The maximum atomic E-state index is 4.62. The van der Waals surface area contributed by atoms with Gasteiger partial charge in [0.1, 0.15) is 0 Å². The Morgan fingerprint density at radius 2 is 2.24 bits per heavy atom. The summed E-state index contributed by atoms with van der Waals surface area (Å²) in [5.41, 5.74) is 1.07. The van der Waals surface area contributed by atoms with Crippen LogP contribution in [0.2, 0.25) is 0 Å². The van der Waals surface area contributed by atoms with Crippen LogP contribution in [0.15, 0.2) is 22.7 Å². The minimum absolute atomic E-state index is 0.545. The van der Waals surface area contributed by atoms with E-state index in [1.807, 2.05) is 0 Å². The van der Waals surface area contributed by atoms with Crippen molar-refractivity contribution in [3.63, 3.8) is 0 Å². The first-order chi connectivity index (χ1) is 8.22. The molecule has 0 aliphatic carbocycles. The topological polar surface area (TPSA) is 24.9 Å². The number of hydrogen-bond donors (Lipinski definition) is 1. The number of nitrogens with zero attached hydrogens (tertiary/aromatic N) is 1. The van der Waals surface area contributed by atoms with E-state index >= 15 is 0 Å². The zero-order valence-electron chi connectivity index (χ0n) is 10.2. The maximum absolute atomic E-state index is 4.62. The Kier molecular flexibility index (Phi) is 4.40. The van der Waals surface area contributed by atoms with Crippen molar-refractivity contribution in [3.8, 4) is 0 Å². The quantitative estimate of drug-likeness (QED) is 0.835. The van der Waals surface area contributed by atoms with Gasteiger partial charge in [0.15, 0.2) is 5.13 Å². The highest BCUT2D eigenvalue weighted by Gasteiger charge is 2.09. The Bertz CT molecular complexity index is 495. The summed E-state index contributed by atoms with van der Waals surface area (Å²) in [5.74, 6) is 0. The molecule has 2 nitrogen and oxygen atoms in total. The second-order valence-corrected chi connectivity index (χ2v) is 6.12. The van der Waals surface area contributed by atoms with E-state index in [1.54, 1.807) is 11.3 Å². The van der Waals surface area contributed by atoms with E-state index in [9.17, 15) is 0 Å². The van der Waals surface area contributed by atoms with Gasteiger partial charge in [-0.25, -0.2) is 4.98 Å². The third-order valence-electron chi connectivity index (χ3n) is 2.81. The largest absolute Gasteiger partial charge is 0.359 e. The van der Waals surface area contributed by atoms with Gasteiger partial charge in [-0.1, -0.05) is 47.5 Å². The molecule has 2 rings (SSSR count). The predicted molar refractivity (Wildman–Crippen MR) is 79.9 cm³/mol. The van der Waals surface area contributed by atoms with Gasteiger partial charge in [-0.2, -0.15) is 0 Å². The summed E-state index contributed by atoms with van der Waals surface area (Å²) in [7, 11) is 0. The number of fused-ring (bicyclic) bond motifs is 1. The molecule has 1 atom stereocenters. The van der Waals surface area contributed by atoms with Gasteiger partial charge in [0.25, 0.3) is 0 Å². The summed E-state index contributed by atoms with van der Waals surface area (Å²) in [6.45, 7) is 4.44. The lowest BCUT2D eigenvalue weighted by molar-refractivity contribution is 0.622. The van der Waals surface area contributed by atoms with Crippen LogP contribution in [-0.4, -0.2) is 11.0 Å². The molecule has 2 aromatic rings. The summed E-state index contributed by atoms with van der Waals surface area (Å²) < 4.78 is 2.32. The molecule has 1 N–H and O–H groups in total. The summed E-state index contributed by atoms with van der Waals surface area (Å²) in [4.78, 5) is 4.62. The second kappa shape index (κ2) is 5.83. The van der Waals surface area contributed by atoms with Crippen molar-refractivity contribution in [2.75, 3.05) is 5.32 Å². The minimum Gasteiger partial charge on any atom is -0.359 e. The van der Waals surface area contributed by atoms with Crippen LogP contribution in [0.1, 0.15) is 33.1 Å². The molecule has 0 saturated carbocycles. The van der Waals surface area contributed by atoms with Crippen LogP contribution in [0.25, 0.3) is 10.2 Å². The van der Waals surface area contributed by atoms with Crippen LogP contribution in [-0.2, 0) is 0 Å². The molecular formula is C13H17BrN2S. The van der Waals surface area contributed by atoms with Gasteiger partial charge >= 0.3 is 0 Å². The van der Waals surface area contributed by atoms with Crippen molar-refractivity contribution < 1.29 is 0 Å². The van der Waals surface area contributed by atoms with Crippen LogP contribution in [0, 0.1) is 0 Å². The molecule has 0 fully saturated rings. The highest BCUT2D eigenvalue weighted by Crippen LogP contribution is 2.29. The molecule has 17 heavy (non-hydrogen) atoms. The Morgan fingerprint density at radius 1 is 1.41 bits per heavy atom. The highest BCUT2D eigenvalue weighted by atomic mass is 79.9. The first-order valence-electron chi connectivity index (χ1n) is 6.05. The van der Waals surface area contributed by atoms with Crippen molar-refractivity contribution in [2.24, 2.45) is 0 Å². The third kappa shape index (κ3) is 3.19. The molecule has 0 aliphatic heterocycles. The molecule has 0 aliphatic rings. The van der Waals surface area contributed by atoms with Gasteiger partial charge in [-0.15, -0.1) is 0 Å². The van der Waals surface area contributed by atoms with E-state index in [0.717, 1.165) is 21.5 Å². The zero-order chi connectivity index (χ0) is 12.3. The lowest BCUT2D eigenvalue weighted by atomic mass is 10.1. The van der Waals surface area contributed by atoms with Crippen molar-refractivity contribution in [3.05, 3.63) is 22.7 Å². The molecular weight excluding hydrogens is 296 g/mol. The number of halogens is 1. The molecule has 1 heterocycles. The van der Waals surface area contributed by atoms with E-state index in [1.165, 1.54) is 17.5 Å². The number of anilines is 1. The number of rotatable bonds is 5. The van der Waals surface area contributed by atoms with E-state index in [4.69, 9.17) is 0 Å². The first kappa shape index (κ1) is 12.8. The lowest BCUT2D eigenvalue weighted by Crippen LogP contribution is -2.17. The van der Waals surface area contributed by atoms with Gasteiger partial charge in [0.2, 0.25) is 0 Å². The van der Waals surface area contributed by atoms with Crippen LogP contribution in [0.4, 0.5) is 5.13 Å². The molecule has 1 aromatic heterocycles. The van der Waals surface area contributed by atoms with E-state index < -0.39 is 0 Å². The van der Waals surface area contributed by atoms with Crippen LogP contribution in [0.3, 0.4) is 0 Å². The van der Waals surface area contributed by atoms with Crippen LogP contribution in [0.5, 0.6) is 0 Å². The highest BCUT2D eigenvalue weighted by molar-refractivity contribution is 9.10. The molecule has 0 bridgehead atoms. The first-order valence-corrected chi connectivity index (χ1v) is 7.66. The van der Waals surface area contributed by atoms with Crippen LogP contribution >= 0.6 is 27.3 Å². The lowest BCUT2D eigenvalue weighted by Gasteiger charge is -2.14. The third-order valence-corrected chi connectivity index (χ3v) is 4.27. The Labute approximate surface area is 115 Å². The second-order valence-electron chi connectivity index (χ2n) is 4.17. The number of aromatic nitrogens is 1. The number of thiazole rings is 1. The Hall–Kier alpha value is -0.610. The van der Waals surface area contributed by atoms with Crippen molar-refractivity contribution in [1.29, 1.82) is 0 Å². The summed E-state index contributed by atoms with van der Waals surface area (Å²) in [5, 5.41) is 4.57. The van der Waals surface area contributed by atoms with Gasteiger partial charge in [-0.3, -0.25) is 0 Å². The van der Waals surface area contributed by atoms with E-state index in [-0.39, 0.29) is 0 Å². The number of benzene rings is 1. The van der Waals surface area contributed by atoms with Gasteiger partial charge in [-0.05, 0) is 31.0 Å². The minimum atomic E-state index is 0.545. The average Bonchev–Trinajstić information content (AvgIpc) is 2.69. The van der Waals surface area contributed by atoms with Gasteiger partial charge in [0.05, 0.1) is 10.2 Å². The molecule has 4 heteroatoms. The number of hydrogen-bond acceptors (Lipinski definition) is 3. The standard InChI is InChI=1S/C13H17BrN2S/c1-3-5-10(4-2)15-13-16-11-8-9(14)6-7-12(11)17-13/h6-8,10H,3-5H2,1-2H3,(H,15,16). The fourth-order valence-corrected chi connectivity index (χ4v) is 3.14. The normalized spacial score (nSPS) is 12.9. The summed E-state index contributed by atoms with van der Waals surface area (Å²) in [6, 6.07) is 6.79. The molecule has 1 aromatic carbocycles. The van der Waals surface area contributed by atoms with Crippen molar-refractivity contribution in [2.45, 2.75) is 39.2 Å². The molecule has 0 saturated heterocycles. The maximum Gasteiger partial charge on any atom is 0.184 e. The van der Waals surface area contributed by atoms with E-state index in [2.05, 4.69) is 58.3 Å². The number of nitrogens with one attached hydrogen (secondary N) is 1. The summed E-state index contributed by atoms with van der Waals surface area (Å²) in [6.07, 6.45) is 3.56. The van der Waals surface area contributed by atoms with E-state index in [0.29, 0.717) is 6.04 Å². The SMILES string of the molecule is CCCC(CC)Nc1nc2cc(Br)ccc2s1. The molecule has 92 valence electrons. The Balaban J connectivity index is 2.18. The molecule has 0 amide bonds. The van der Waals surface area contributed by atoms with Crippen molar-refractivity contribution >= 4 is 42.6 Å². The molecule has 0 radical (unpaired) electrons. The molecule has 1 unspecified atom stereocenters. The van der Waals surface area contributed by atoms with Crippen molar-refractivity contribution in [1.82, 2.24) is 4.98 Å². The zero-order valence-corrected chi connectivity index (χ0v) is 12.6. The predicted octanol–water partition coefficient (Wildman–Crippen LogP) is 5.05. The monoisotopic (exact) mass is 312 g/mol. The molecule has 0 spiro atoms. The van der Waals surface area contributed by atoms with Gasteiger partial charge in [0, 0.05) is 10.5 Å². The average molecular weight is 313 g/mol. The fourth-order valence-electron chi connectivity index (χ4n) is 1.86. The fraction of sp³-hybridized carbons (Fsp3) is 0.462. The summed E-state index contributed by atoms with van der Waals surface area (Å²) >= 11 is 5.21.